The van der Waals surface area contributed by atoms with Crippen molar-refractivity contribution in [3.63, 3.8) is 0 Å². The van der Waals surface area contributed by atoms with Crippen LogP contribution in [0, 0.1) is 5.92 Å². The smallest absolute Gasteiger partial charge is 0.275 e. The first-order chi connectivity index (χ1) is 14.0. The van der Waals surface area contributed by atoms with Crippen molar-refractivity contribution < 1.29 is 26.7 Å². The van der Waals surface area contributed by atoms with Crippen LogP contribution in [0.1, 0.15) is 44.1 Å². The largest absolute Gasteiger partial charge is 0.489 e. The fourth-order valence-electron chi connectivity index (χ4n) is 3.22. The highest BCUT2D eigenvalue weighted by molar-refractivity contribution is 7.89. The van der Waals surface area contributed by atoms with Crippen molar-refractivity contribution in [2.45, 2.75) is 44.6 Å². The molecule has 0 aliphatic carbocycles. The number of nitrogens with zero attached hydrogens (tertiary/aromatic N) is 1. The lowest BCUT2D eigenvalue weighted by atomic mass is 9.96. The second-order valence-corrected chi connectivity index (χ2v) is 8.80. The van der Waals surface area contributed by atoms with Gasteiger partial charge in [0.2, 0.25) is 10.0 Å². The molecule has 7 nitrogen and oxygen atoms in total. The molecule has 10 heteroatoms. The predicted molar refractivity (Wildman–Crippen MR) is 110 cm³/mol. The van der Waals surface area contributed by atoms with Crippen molar-refractivity contribution in [1.29, 1.82) is 0 Å². The number of carbonyl (C=O) groups is 1. The van der Waals surface area contributed by atoms with Crippen molar-refractivity contribution in [2.24, 2.45) is 13.0 Å². The van der Waals surface area contributed by atoms with Crippen LogP contribution in [0.2, 0.25) is 0 Å². The lowest BCUT2D eigenvalue weighted by Crippen LogP contribution is -2.43. The van der Waals surface area contributed by atoms with Gasteiger partial charge in [0.05, 0.1) is 6.61 Å². The highest BCUT2D eigenvalue weighted by Crippen LogP contribution is 2.33. The Kier molecular flexibility index (Phi) is 7.59. The minimum absolute atomic E-state index is 0.00674. The minimum atomic E-state index is -3.90. The van der Waals surface area contributed by atoms with Gasteiger partial charge in [-0.05, 0) is 31.9 Å². The molecular formula is C20H27F2N3O4S. The maximum absolute atomic E-state index is 13.2. The molecule has 0 radical (unpaired) electrons. The molecule has 0 bridgehead atoms. The molecule has 0 unspecified atom stereocenters. The van der Waals surface area contributed by atoms with E-state index in [-0.39, 0.29) is 40.6 Å². The fourth-order valence-corrected chi connectivity index (χ4v) is 4.80. The van der Waals surface area contributed by atoms with Crippen LogP contribution in [0.5, 0.6) is 5.75 Å². The van der Waals surface area contributed by atoms with E-state index in [2.05, 4.69) is 16.6 Å². The molecule has 2 heterocycles. The number of ether oxygens (including phenoxy) is 1. The number of carbonyl (C=O) groups excluding carboxylic acids is 1. The van der Waals surface area contributed by atoms with Crippen molar-refractivity contribution in [3.8, 4) is 5.75 Å². The standard InChI is InChI=1S/C20H27F2N3O4S/c1-6-14-11-29-19-17(30(27,28)24-16(14)7-2)10-25(5)18(19)20(26)23-12(3)8-9-15(22)13(4)21/h8-10,14,16,24H,4,6-7,11H2,1-3,5H3,(H,23,26)/b12-8+,15-9+/t14-,16-/m0/s1. The summed E-state index contributed by atoms with van der Waals surface area (Å²) in [5, 5.41) is 2.52. The van der Waals surface area contributed by atoms with Gasteiger partial charge in [-0.15, -0.1) is 0 Å². The monoisotopic (exact) mass is 443 g/mol. The first-order valence-electron chi connectivity index (χ1n) is 9.56. The Morgan fingerprint density at radius 3 is 2.60 bits per heavy atom. The van der Waals surface area contributed by atoms with Gasteiger partial charge in [0.1, 0.15) is 4.90 Å². The third-order valence-corrected chi connectivity index (χ3v) is 6.42. The number of allylic oxidation sites excluding steroid dienone is 5. The summed E-state index contributed by atoms with van der Waals surface area (Å²) in [6.45, 7) is 8.40. The van der Waals surface area contributed by atoms with E-state index in [0.717, 1.165) is 6.08 Å². The molecule has 2 N–H and O–H groups in total. The molecule has 1 amide bonds. The maximum atomic E-state index is 13.2. The van der Waals surface area contributed by atoms with Crippen LogP contribution in [0.25, 0.3) is 0 Å². The Bertz CT molecular complexity index is 996. The van der Waals surface area contributed by atoms with Crippen LogP contribution in [-0.4, -0.2) is 31.5 Å². The number of hydrogen-bond acceptors (Lipinski definition) is 4. The number of hydrogen-bond donors (Lipinski definition) is 2. The molecule has 166 valence electrons. The summed E-state index contributed by atoms with van der Waals surface area (Å²) >= 11 is 0. The number of rotatable bonds is 6. The predicted octanol–water partition coefficient (Wildman–Crippen LogP) is 3.47. The summed E-state index contributed by atoms with van der Waals surface area (Å²) in [7, 11) is -2.37. The number of aryl methyl sites for hydroxylation is 1. The van der Waals surface area contributed by atoms with E-state index in [4.69, 9.17) is 4.74 Å². The SMILES string of the molecule is C=C(F)/C(F)=C\C=C(/C)NC(=O)c1c2c(cn1C)S(=O)(=O)N[C@@H](CC)[C@@H](CC)CO2. The number of fused-ring (bicyclic) bond motifs is 1. The molecular weight excluding hydrogens is 416 g/mol. The van der Waals surface area contributed by atoms with Crippen molar-refractivity contribution >= 4 is 15.9 Å². The average Bonchev–Trinajstić information content (AvgIpc) is 3.01. The van der Waals surface area contributed by atoms with E-state index in [1.54, 1.807) is 0 Å². The number of aromatic nitrogens is 1. The topological polar surface area (TPSA) is 89.4 Å². The summed E-state index contributed by atoms with van der Waals surface area (Å²) in [5.74, 6) is -3.13. The van der Waals surface area contributed by atoms with E-state index in [1.807, 2.05) is 13.8 Å². The Morgan fingerprint density at radius 2 is 2.03 bits per heavy atom. The molecule has 30 heavy (non-hydrogen) atoms. The van der Waals surface area contributed by atoms with Crippen molar-refractivity contribution in [2.75, 3.05) is 6.61 Å². The molecule has 2 rings (SSSR count). The van der Waals surface area contributed by atoms with Gasteiger partial charge in [0, 0.05) is 30.9 Å². The van der Waals surface area contributed by atoms with Crippen LogP contribution in [0.15, 0.2) is 47.2 Å². The summed E-state index contributed by atoms with van der Waals surface area (Å²) in [6, 6.07) is -0.275. The Hall–Kier alpha value is -2.46. The van der Waals surface area contributed by atoms with Crippen molar-refractivity contribution in [3.05, 3.63) is 48.0 Å². The fraction of sp³-hybridized carbons (Fsp3) is 0.450. The van der Waals surface area contributed by atoms with Gasteiger partial charge < -0.3 is 14.6 Å². The number of halogens is 2. The molecule has 1 aromatic rings. The summed E-state index contributed by atoms with van der Waals surface area (Å²) < 4.78 is 61.6. The minimum Gasteiger partial charge on any atom is -0.489 e. The quantitative estimate of drug-likeness (QED) is 0.659. The molecule has 0 spiro atoms. The van der Waals surface area contributed by atoms with Gasteiger partial charge in [-0.1, -0.05) is 20.4 Å². The van der Waals surface area contributed by atoms with E-state index in [9.17, 15) is 22.0 Å². The molecule has 0 aromatic carbocycles. The molecule has 0 fully saturated rings. The van der Waals surface area contributed by atoms with Crippen LogP contribution in [0.4, 0.5) is 8.78 Å². The third-order valence-electron chi connectivity index (χ3n) is 4.94. The second kappa shape index (κ2) is 9.57. The van der Waals surface area contributed by atoms with Crippen LogP contribution in [-0.2, 0) is 17.1 Å². The first kappa shape index (κ1) is 23.8. The molecule has 1 aromatic heterocycles. The highest BCUT2D eigenvalue weighted by Gasteiger charge is 2.35. The van der Waals surface area contributed by atoms with Gasteiger partial charge in [-0.3, -0.25) is 4.79 Å². The van der Waals surface area contributed by atoms with Gasteiger partial charge in [0.25, 0.3) is 5.91 Å². The second-order valence-electron chi connectivity index (χ2n) is 7.12. The lowest BCUT2D eigenvalue weighted by molar-refractivity contribution is 0.0951. The van der Waals surface area contributed by atoms with E-state index >= 15 is 0 Å². The highest BCUT2D eigenvalue weighted by atomic mass is 32.2. The van der Waals surface area contributed by atoms with Crippen molar-refractivity contribution in [1.82, 2.24) is 14.6 Å². The van der Waals surface area contributed by atoms with E-state index in [1.165, 1.54) is 30.8 Å². The number of sulfonamides is 1. The molecule has 1 aliphatic heterocycles. The normalized spacial score (nSPS) is 21.8. The zero-order valence-electron chi connectivity index (χ0n) is 17.5. The average molecular weight is 444 g/mol. The molecule has 0 saturated carbocycles. The van der Waals surface area contributed by atoms with Crippen LogP contribution < -0.4 is 14.8 Å². The zero-order valence-corrected chi connectivity index (χ0v) is 18.3. The summed E-state index contributed by atoms with van der Waals surface area (Å²) in [5.41, 5.74) is 0.225. The summed E-state index contributed by atoms with van der Waals surface area (Å²) in [4.78, 5) is 12.7. The van der Waals surface area contributed by atoms with Gasteiger partial charge in [-0.2, -0.15) is 0 Å². The molecule has 1 aliphatic rings. The maximum Gasteiger partial charge on any atom is 0.275 e. The molecule has 2 atom stereocenters. The van der Waals surface area contributed by atoms with E-state index < -0.39 is 27.6 Å². The lowest BCUT2D eigenvalue weighted by Gasteiger charge is -2.28. The third kappa shape index (κ3) is 5.17. The number of amides is 1. The van der Waals surface area contributed by atoms with Crippen LogP contribution >= 0.6 is 0 Å². The Labute approximate surface area is 175 Å². The molecule has 0 saturated heterocycles. The first-order valence-corrected chi connectivity index (χ1v) is 11.0. The summed E-state index contributed by atoms with van der Waals surface area (Å²) in [6.07, 6.45) is 4.62. The number of nitrogens with one attached hydrogen (secondary N) is 2. The zero-order chi connectivity index (χ0) is 22.6. The van der Waals surface area contributed by atoms with Crippen LogP contribution in [0.3, 0.4) is 0 Å². The van der Waals surface area contributed by atoms with Gasteiger partial charge >= 0.3 is 0 Å². The Balaban J connectivity index is 2.41. The Morgan fingerprint density at radius 1 is 1.37 bits per heavy atom. The van der Waals surface area contributed by atoms with Gasteiger partial charge in [-0.25, -0.2) is 21.9 Å². The van der Waals surface area contributed by atoms with E-state index in [0.29, 0.717) is 12.8 Å². The van der Waals surface area contributed by atoms with Gasteiger partial charge in [0.15, 0.2) is 23.1 Å².